The highest BCUT2D eigenvalue weighted by Crippen LogP contribution is 2.39. The van der Waals surface area contributed by atoms with Gasteiger partial charge in [0.05, 0.1) is 22.9 Å². The highest BCUT2D eigenvalue weighted by atomic mass is 19.4. The predicted octanol–water partition coefficient (Wildman–Crippen LogP) is 4.08. The van der Waals surface area contributed by atoms with Crippen LogP contribution in [0.1, 0.15) is 78.7 Å². The molecule has 2 aliphatic heterocycles. The summed E-state index contributed by atoms with van der Waals surface area (Å²) >= 11 is 0. The SMILES string of the molecule is Cc1nn(C2CCN(C(=O)OC(C)(C)C)CC2)c(C(F)(F)F)c1B1OC(C)(C)C(C)(C)O1. The smallest absolute Gasteiger partial charge is 0.444 e. The molecule has 2 saturated heterocycles. The minimum atomic E-state index is -4.64. The molecule has 180 valence electrons. The fraction of sp³-hybridized carbons (Fsp3) is 0.810. The predicted molar refractivity (Wildman–Crippen MR) is 114 cm³/mol. The second kappa shape index (κ2) is 7.93. The lowest BCUT2D eigenvalue weighted by Gasteiger charge is -2.34. The van der Waals surface area contributed by atoms with Gasteiger partial charge in [-0.05, 0) is 68.2 Å². The quantitative estimate of drug-likeness (QED) is 0.624. The summed E-state index contributed by atoms with van der Waals surface area (Å²) in [7, 11) is -1.16. The molecule has 0 aromatic carbocycles. The summed E-state index contributed by atoms with van der Waals surface area (Å²) in [4.78, 5) is 13.8. The van der Waals surface area contributed by atoms with Gasteiger partial charge in [0.25, 0.3) is 0 Å². The Balaban J connectivity index is 1.87. The Morgan fingerprint density at radius 1 is 1.09 bits per heavy atom. The Morgan fingerprint density at radius 2 is 1.59 bits per heavy atom. The molecular weight excluding hydrogens is 426 g/mol. The number of ether oxygens (including phenoxy) is 1. The molecule has 0 bridgehead atoms. The minimum Gasteiger partial charge on any atom is -0.444 e. The van der Waals surface area contributed by atoms with E-state index in [-0.39, 0.29) is 11.2 Å². The number of piperidine rings is 1. The second-order valence-electron chi connectivity index (χ2n) is 10.6. The number of aryl methyl sites for hydroxylation is 1. The summed E-state index contributed by atoms with van der Waals surface area (Å²) in [5.74, 6) is 0. The highest BCUT2D eigenvalue weighted by molar-refractivity contribution is 6.63. The number of halogens is 3. The number of carbonyl (C=O) groups is 1. The van der Waals surface area contributed by atoms with E-state index in [1.165, 1.54) is 4.90 Å². The first-order valence-electron chi connectivity index (χ1n) is 10.9. The number of aromatic nitrogens is 2. The molecule has 3 heterocycles. The lowest BCUT2D eigenvalue weighted by Crippen LogP contribution is -2.43. The van der Waals surface area contributed by atoms with Crippen LogP contribution in [-0.2, 0) is 20.2 Å². The van der Waals surface area contributed by atoms with Crippen LogP contribution in [0, 0.1) is 6.92 Å². The average Bonchev–Trinajstić information content (AvgIpc) is 3.06. The Labute approximate surface area is 187 Å². The van der Waals surface area contributed by atoms with Crippen LogP contribution in [-0.4, -0.2) is 57.8 Å². The van der Waals surface area contributed by atoms with Crippen molar-refractivity contribution in [1.29, 1.82) is 0 Å². The maximum absolute atomic E-state index is 14.3. The number of carbonyl (C=O) groups excluding carboxylic acids is 1. The van der Waals surface area contributed by atoms with Gasteiger partial charge in [0.1, 0.15) is 11.3 Å². The standard InChI is InChI=1S/C21H33BF3N3O4/c1-13-15(22-31-19(5,6)20(7,8)32-22)16(21(23,24)25)28(26-13)14-9-11-27(12-10-14)17(29)30-18(2,3)4/h14H,9-12H2,1-8H3. The molecule has 0 radical (unpaired) electrons. The summed E-state index contributed by atoms with van der Waals surface area (Å²) in [5, 5.41) is 4.27. The van der Waals surface area contributed by atoms with Crippen molar-refractivity contribution < 1.29 is 32.0 Å². The van der Waals surface area contributed by atoms with Crippen LogP contribution in [0.3, 0.4) is 0 Å². The zero-order chi connectivity index (χ0) is 24.3. The van der Waals surface area contributed by atoms with Crippen LogP contribution >= 0.6 is 0 Å². The van der Waals surface area contributed by atoms with Crippen molar-refractivity contribution in [3.8, 4) is 0 Å². The molecule has 0 aliphatic carbocycles. The first-order chi connectivity index (χ1) is 14.4. The fourth-order valence-electron chi connectivity index (χ4n) is 3.97. The van der Waals surface area contributed by atoms with Crippen LogP contribution in [0.2, 0.25) is 0 Å². The second-order valence-corrected chi connectivity index (χ2v) is 10.6. The zero-order valence-electron chi connectivity index (χ0n) is 20.1. The number of amides is 1. The van der Waals surface area contributed by atoms with E-state index in [1.54, 1.807) is 55.4 Å². The molecule has 1 aromatic heterocycles. The van der Waals surface area contributed by atoms with Crippen molar-refractivity contribution in [3.05, 3.63) is 11.4 Å². The number of nitrogens with zero attached hydrogens (tertiary/aromatic N) is 3. The molecule has 32 heavy (non-hydrogen) atoms. The van der Waals surface area contributed by atoms with Crippen LogP contribution in [0.5, 0.6) is 0 Å². The van der Waals surface area contributed by atoms with Crippen molar-refractivity contribution in [2.24, 2.45) is 0 Å². The first kappa shape index (κ1) is 24.9. The summed E-state index contributed by atoms with van der Waals surface area (Å²) in [6.07, 6.45) is -4.41. The van der Waals surface area contributed by atoms with E-state index in [9.17, 15) is 18.0 Å². The Kier molecular flexibility index (Phi) is 6.17. The molecule has 1 amide bonds. The van der Waals surface area contributed by atoms with Crippen molar-refractivity contribution >= 4 is 18.7 Å². The lowest BCUT2D eigenvalue weighted by atomic mass is 9.76. The van der Waals surface area contributed by atoms with E-state index in [0.717, 1.165) is 4.68 Å². The molecule has 2 fully saturated rings. The van der Waals surface area contributed by atoms with Gasteiger partial charge in [-0.2, -0.15) is 18.3 Å². The number of hydrogen-bond acceptors (Lipinski definition) is 5. The third-order valence-electron chi connectivity index (χ3n) is 6.35. The van der Waals surface area contributed by atoms with Gasteiger partial charge in [0.15, 0.2) is 0 Å². The zero-order valence-corrected chi connectivity index (χ0v) is 20.1. The van der Waals surface area contributed by atoms with E-state index in [1.807, 2.05) is 0 Å². The van der Waals surface area contributed by atoms with Gasteiger partial charge in [-0.25, -0.2) is 4.79 Å². The Hall–Kier alpha value is -1.75. The maximum Gasteiger partial charge on any atom is 0.498 e. The van der Waals surface area contributed by atoms with Gasteiger partial charge in [0.2, 0.25) is 0 Å². The molecule has 3 rings (SSSR count). The molecule has 0 saturated carbocycles. The van der Waals surface area contributed by atoms with Crippen molar-refractivity contribution in [1.82, 2.24) is 14.7 Å². The fourth-order valence-corrected chi connectivity index (χ4v) is 3.97. The van der Waals surface area contributed by atoms with Gasteiger partial charge in [-0.15, -0.1) is 0 Å². The molecule has 0 N–H and O–H groups in total. The molecule has 0 spiro atoms. The van der Waals surface area contributed by atoms with E-state index in [0.29, 0.717) is 25.9 Å². The monoisotopic (exact) mass is 459 g/mol. The number of hydrogen-bond donors (Lipinski definition) is 0. The summed E-state index contributed by atoms with van der Waals surface area (Å²) in [5.41, 5.74) is -2.86. The molecule has 0 atom stereocenters. The minimum absolute atomic E-state index is 0.0780. The lowest BCUT2D eigenvalue weighted by molar-refractivity contribution is -0.144. The van der Waals surface area contributed by atoms with Crippen LogP contribution in [0.15, 0.2) is 0 Å². The summed E-state index contributed by atoms with van der Waals surface area (Å²) < 4.78 is 61.0. The molecule has 7 nitrogen and oxygen atoms in total. The number of alkyl halides is 3. The Morgan fingerprint density at radius 3 is 2.03 bits per heavy atom. The van der Waals surface area contributed by atoms with Crippen LogP contribution in [0.25, 0.3) is 0 Å². The van der Waals surface area contributed by atoms with Gasteiger partial charge < -0.3 is 18.9 Å². The molecule has 11 heteroatoms. The number of likely N-dealkylation sites (tertiary alicyclic amines) is 1. The van der Waals surface area contributed by atoms with Gasteiger partial charge in [-0.3, -0.25) is 4.68 Å². The molecule has 0 unspecified atom stereocenters. The van der Waals surface area contributed by atoms with Crippen LogP contribution in [0.4, 0.5) is 18.0 Å². The van der Waals surface area contributed by atoms with E-state index in [2.05, 4.69) is 5.10 Å². The van der Waals surface area contributed by atoms with Gasteiger partial charge in [0, 0.05) is 18.6 Å². The van der Waals surface area contributed by atoms with Gasteiger partial charge in [-0.1, -0.05) is 0 Å². The van der Waals surface area contributed by atoms with Crippen LogP contribution < -0.4 is 5.46 Å². The largest absolute Gasteiger partial charge is 0.498 e. The topological polar surface area (TPSA) is 65.8 Å². The van der Waals surface area contributed by atoms with Crippen molar-refractivity contribution in [3.63, 3.8) is 0 Å². The Bertz CT molecular complexity index is 853. The molecular formula is C21H33BF3N3O4. The third-order valence-corrected chi connectivity index (χ3v) is 6.35. The van der Waals surface area contributed by atoms with E-state index >= 15 is 0 Å². The summed E-state index contributed by atoms with van der Waals surface area (Å²) in [6, 6.07) is -0.500. The average molecular weight is 459 g/mol. The highest BCUT2D eigenvalue weighted by Gasteiger charge is 2.56. The van der Waals surface area contributed by atoms with Crippen molar-refractivity contribution in [2.75, 3.05) is 13.1 Å². The molecule has 1 aromatic rings. The third kappa shape index (κ3) is 4.78. The summed E-state index contributed by atoms with van der Waals surface area (Å²) in [6.45, 7) is 14.6. The van der Waals surface area contributed by atoms with E-state index in [4.69, 9.17) is 14.0 Å². The normalized spacial score (nSPS) is 21.8. The molecule has 2 aliphatic rings. The number of rotatable bonds is 2. The maximum atomic E-state index is 14.3. The van der Waals surface area contributed by atoms with Crippen molar-refractivity contribution in [2.45, 2.75) is 97.3 Å². The van der Waals surface area contributed by atoms with E-state index < -0.39 is 47.9 Å². The van der Waals surface area contributed by atoms with Gasteiger partial charge >= 0.3 is 19.4 Å². The first-order valence-corrected chi connectivity index (χ1v) is 10.9.